The molecule has 0 saturated heterocycles. The second-order valence-electron chi connectivity index (χ2n) is 17.1. The molecule has 0 saturated carbocycles. The summed E-state index contributed by atoms with van der Waals surface area (Å²) < 4.78 is 0. The molecule has 5 heteroatoms. The van der Waals surface area contributed by atoms with Gasteiger partial charge in [0.1, 0.15) is 17.3 Å². The van der Waals surface area contributed by atoms with Crippen LogP contribution in [-0.2, 0) is 0 Å². The summed E-state index contributed by atoms with van der Waals surface area (Å²) in [6.45, 7) is 18.0. The maximum Gasteiger partial charge on any atom is 0.137 e. The van der Waals surface area contributed by atoms with Crippen molar-refractivity contribution in [3.8, 4) is 50.6 Å². The van der Waals surface area contributed by atoms with Crippen LogP contribution in [0.2, 0.25) is 0 Å². The van der Waals surface area contributed by atoms with Crippen LogP contribution in [0.4, 0.5) is 17.2 Å². The molecule has 5 nitrogen and oxygen atoms in total. The van der Waals surface area contributed by atoms with Crippen LogP contribution in [0.15, 0.2) is 152 Å². The largest absolute Gasteiger partial charge is 0.507 e. The minimum absolute atomic E-state index is 0.161. The van der Waals surface area contributed by atoms with Gasteiger partial charge in [0, 0.05) is 34.0 Å². The van der Waals surface area contributed by atoms with E-state index in [1.807, 2.05) is 42.7 Å². The number of anilines is 3. The van der Waals surface area contributed by atoms with Crippen LogP contribution in [0.5, 0.6) is 5.75 Å². The molecule has 0 aliphatic heterocycles. The van der Waals surface area contributed by atoms with Crippen molar-refractivity contribution in [3.63, 3.8) is 0 Å². The first kappa shape index (κ1) is 40.2. The third-order valence-electron chi connectivity index (χ3n) is 11.5. The normalized spacial score (nSPS) is 11.7. The Bertz CT molecular complexity index is 2750. The number of hydrogen-bond donors (Lipinski definition) is 1. The van der Waals surface area contributed by atoms with Crippen molar-refractivity contribution < 1.29 is 5.11 Å². The van der Waals surface area contributed by atoms with Crippen molar-refractivity contribution in [3.05, 3.63) is 174 Å². The highest BCUT2D eigenvalue weighted by Crippen LogP contribution is 2.45. The fourth-order valence-corrected chi connectivity index (χ4v) is 8.28. The Morgan fingerprint density at radius 3 is 1.82 bits per heavy atom. The van der Waals surface area contributed by atoms with E-state index in [4.69, 9.17) is 15.0 Å². The molecular formula is C55H54N4O. The second kappa shape index (κ2) is 16.9. The lowest BCUT2D eigenvalue weighted by atomic mass is 9.84. The number of hydrogen-bond acceptors (Lipinski definition) is 5. The smallest absolute Gasteiger partial charge is 0.137 e. The van der Waals surface area contributed by atoms with Crippen molar-refractivity contribution in [1.29, 1.82) is 0 Å². The average Bonchev–Trinajstić information content (AvgIpc) is 3.26. The van der Waals surface area contributed by atoms with E-state index in [0.29, 0.717) is 40.6 Å². The SMILES string of the molecule is CC(C)c1cc(-c2ncc(-c3cc(-c4c(C(C)C)cccc4C(C)C)cc(N(c4ccccn4)c4cccc5ccccc45)c3)nc2-c2ccccc2O)cc(C(C)C)c1. The van der Waals surface area contributed by atoms with E-state index in [2.05, 4.69) is 163 Å². The zero-order valence-electron chi connectivity index (χ0n) is 36.0. The molecule has 8 rings (SSSR count). The molecule has 0 amide bonds. The van der Waals surface area contributed by atoms with E-state index in [-0.39, 0.29) is 5.75 Å². The third-order valence-corrected chi connectivity index (χ3v) is 11.5. The number of aromatic hydroxyl groups is 1. The monoisotopic (exact) mass is 786 g/mol. The van der Waals surface area contributed by atoms with Gasteiger partial charge in [0.2, 0.25) is 0 Å². The maximum absolute atomic E-state index is 11.4. The molecule has 1 N–H and O–H groups in total. The van der Waals surface area contributed by atoms with Crippen molar-refractivity contribution >= 4 is 28.0 Å². The molecule has 0 aliphatic carbocycles. The maximum atomic E-state index is 11.4. The molecule has 0 aliphatic rings. The Kier molecular flexibility index (Phi) is 11.4. The Labute approximate surface area is 355 Å². The molecule has 6 aromatic carbocycles. The van der Waals surface area contributed by atoms with Gasteiger partial charge in [0.05, 0.1) is 23.3 Å². The first-order valence-corrected chi connectivity index (χ1v) is 21.3. The van der Waals surface area contributed by atoms with Gasteiger partial charge in [-0.3, -0.25) is 9.88 Å². The Morgan fingerprint density at radius 2 is 1.15 bits per heavy atom. The van der Waals surface area contributed by atoms with Crippen molar-refractivity contribution in [2.45, 2.75) is 79.1 Å². The topological polar surface area (TPSA) is 62.1 Å². The lowest BCUT2D eigenvalue weighted by Gasteiger charge is -2.28. The van der Waals surface area contributed by atoms with E-state index in [1.165, 1.54) is 27.8 Å². The van der Waals surface area contributed by atoms with Gasteiger partial charge in [0.15, 0.2) is 0 Å². The molecular weight excluding hydrogens is 733 g/mol. The molecule has 0 bridgehead atoms. The van der Waals surface area contributed by atoms with E-state index >= 15 is 0 Å². The number of pyridine rings is 1. The summed E-state index contributed by atoms with van der Waals surface area (Å²) in [4.78, 5) is 18.0. The molecule has 0 radical (unpaired) electrons. The molecule has 300 valence electrons. The highest BCUT2D eigenvalue weighted by molar-refractivity contribution is 5.99. The average molecular weight is 787 g/mol. The van der Waals surface area contributed by atoms with Crippen LogP contribution < -0.4 is 4.90 Å². The lowest BCUT2D eigenvalue weighted by molar-refractivity contribution is 0.477. The highest BCUT2D eigenvalue weighted by Gasteiger charge is 2.24. The van der Waals surface area contributed by atoms with Gasteiger partial charge in [-0.05, 0) is 123 Å². The summed E-state index contributed by atoms with van der Waals surface area (Å²) in [6, 6.07) is 48.7. The van der Waals surface area contributed by atoms with Gasteiger partial charge in [0.25, 0.3) is 0 Å². The molecule has 0 spiro atoms. The summed E-state index contributed by atoms with van der Waals surface area (Å²) in [5.74, 6) is 2.21. The van der Waals surface area contributed by atoms with Crippen molar-refractivity contribution in [2.75, 3.05) is 4.90 Å². The van der Waals surface area contributed by atoms with Gasteiger partial charge < -0.3 is 5.11 Å². The summed E-state index contributed by atoms with van der Waals surface area (Å²) in [5, 5.41) is 13.7. The highest BCUT2D eigenvalue weighted by atomic mass is 16.3. The molecule has 60 heavy (non-hydrogen) atoms. The van der Waals surface area contributed by atoms with Gasteiger partial charge >= 0.3 is 0 Å². The molecule has 2 aromatic heterocycles. The zero-order valence-corrected chi connectivity index (χ0v) is 36.0. The number of rotatable bonds is 11. The van der Waals surface area contributed by atoms with Crippen LogP contribution in [-0.4, -0.2) is 20.1 Å². The fraction of sp³-hybridized carbons (Fsp3) is 0.218. The number of nitrogens with zero attached hydrogens (tertiary/aromatic N) is 4. The molecule has 8 aromatic rings. The first-order chi connectivity index (χ1) is 29.0. The van der Waals surface area contributed by atoms with Crippen LogP contribution >= 0.6 is 0 Å². The van der Waals surface area contributed by atoms with E-state index in [9.17, 15) is 5.11 Å². The molecule has 0 fully saturated rings. The van der Waals surface area contributed by atoms with Gasteiger partial charge in [-0.25, -0.2) is 9.97 Å². The number of phenolic OH excluding ortho intramolecular Hbond substituents is 1. The number of fused-ring (bicyclic) bond motifs is 1. The minimum atomic E-state index is 0.161. The number of aromatic nitrogens is 3. The Morgan fingerprint density at radius 1 is 0.517 bits per heavy atom. The van der Waals surface area contributed by atoms with Gasteiger partial charge in [-0.15, -0.1) is 0 Å². The second-order valence-corrected chi connectivity index (χ2v) is 17.1. The van der Waals surface area contributed by atoms with E-state index < -0.39 is 0 Å². The fourth-order valence-electron chi connectivity index (χ4n) is 8.28. The number of phenols is 1. The molecule has 0 atom stereocenters. The summed E-state index contributed by atoms with van der Waals surface area (Å²) in [7, 11) is 0. The lowest BCUT2D eigenvalue weighted by Crippen LogP contribution is -2.12. The number of benzene rings is 6. The Hall–Kier alpha value is -6.59. The van der Waals surface area contributed by atoms with E-state index in [1.54, 1.807) is 6.07 Å². The zero-order chi connectivity index (χ0) is 42.1. The van der Waals surface area contributed by atoms with E-state index in [0.717, 1.165) is 50.3 Å². The Balaban J connectivity index is 1.45. The predicted molar refractivity (Wildman–Crippen MR) is 252 cm³/mol. The quantitative estimate of drug-likeness (QED) is 0.141. The van der Waals surface area contributed by atoms with Gasteiger partial charge in [-0.1, -0.05) is 134 Å². The molecule has 0 unspecified atom stereocenters. The van der Waals surface area contributed by atoms with Crippen LogP contribution in [0.3, 0.4) is 0 Å². The van der Waals surface area contributed by atoms with Crippen LogP contribution in [0.1, 0.15) is 101 Å². The predicted octanol–water partition coefficient (Wildman–Crippen LogP) is 15.4. The summed E-state index contributed by atoms with van der Waals surface area (Å²) >= 11 is 0. The van der Waals surface area contributed by atoms with Crippen molar-refractivity contribution in [2.24, 2.45) is 0 Å². The molecule has 2 heterocycles. The third kappa shape index (κ3) is 7.92. The summed E-state index contributed by atoms with van der Waals surface area (Å²) in [6.07, 6.45) is 3.75. The number of para-hydroxylation sites is 1. The first-order valence-electron chi connectivity index (χ1n) is 21.3. The van der Waals surface area contributed by atoms with Crippen molar-refractivity contribution in [1.82, 2.24) is 15.0 Å². The standard InChI is InChI=1S/C55H54N4O/c1-34(2)39-27-40(35(3)4)29-43(28-39)54-55(48-20-11-12-24-51(48)60)58-49(33-57-54)41-30-42(53-45(36(5)6)21-16-22-46(53)37(7)8)32-44(31-41)59(52-25-13-14-26-56-52)50-23-15-18-38-17-9-10-19-47(38)50/h9-37,60H,1-8H3. The van der Waals surface area contributed by atoms with Gasteiger partial charge in [-0.2, -0.15) is 0 Å². The van der Waals surface area contributed by atoms with Crippen LogP contribution in [0, 0.1) is 0 Å². The minimum Gasteiger partial charge on any atom is -0.507 e. The van der Waals surface area contributed by atoms with Crippen LogP contribution in [0.25, 0.3) is 55.7 Å². The summed E-state index contributed by atoms with van der Waals surface area (Å²) in [5.41, 5.74) is 14.0.